The van der Waals surface area contributed by atoms with Gasteiger partial charge in [0.2, 0.25) is 10.0 Å². The average Bonchev–Trinajstić information content (AvgIpc) is 2.78. The highest BCUT2D eigenvalue weighted by molar-refractivity contribution is 7.93. The van der Waals surface area contributed by atoms with Crippen LogP contribution in [-0.2, 0) is 16.4 Å². The van der Waals surface area contributed by atoms with Crippen molar-refractivity contribution in [1.82, 2.24) is 4.31 Å². The van der Waals surface area contributed by atoms with Crippen LogP contribution in [-0.4, -0.2) is 52.6 Å². The number of sulfonamides is 1. The van der Waals surface area contributed by atoms with E-state index >= 15 is 0 Å². The molecule has 166 valence electrons. The number of ether oxygens (including phenoxy) is 2. The number of aryl methyl sites for hydroxylation is 1. The number of allylic oxidation sites excluding steroid dienone is 1. The van der Waals surface area contributed by atoms with Crippen LogP contribution in [0, 0.1) is 0 Å². The Bertz CT molecular complexity index is 1080. The highest BCUT2D eigenvalue weighted by Crippen LogP contribution is 2.32. The molecule has 0 bridgehead atoms. The maximum atomic E-state index is 13.2. The van der Waals surface area contributed by atoms with Gasteiger partial charge in [-0.05, 0) is 54.3 Å². The average molecular weight is 451 g/mol. The Balaban J connectivity index is 1.46. The summed E-state index contributed by atoms with van der Waals surface area (Å²) in [6, 6.07) is 12.3. The third-order valence-electron chi connectivity index (χ3n) is 5.63. The lowest BCUT2D eigenvalue weighted by molar-refractivity contribution is -0.0498. The number of fused-ring (bicyclic) bond motifs is 1. The third kappa shape index (κ3) is 4.67. The molecule has 0 radical (unpaired) electrons. The quantitative estimate of drug-likeness (QED) is 0.671. The van der Waals surface area contributed by atoms with Crippen LogP contribution in [0.1, 0.15) is 17.5 Å². The maximum absolute atomic E-state index is 13.2. The van der Waals surface area contributed by atoms with Crippen molar-refractivity contribution in [2.45, 2.75) is 19.5 Å². The topological polar surface area (TPSA) is 59.1 Å². The number of piperazine rings is 1. The Morgan fingerprint density at radius 3 is 2.45 bits per heavy atom. The first-order chi connectivity index (χ1) is 14.9. The van der Waals surface area contributed by atoms with E-state index in [1.165, 1.54) is 10.4 Å². The molecule has 31 heavy (non-hydrogen) atoms. The van der Waals surface area contributed by atoms with Gasteiger partial charge in [-0.15, -0.1) is 0 Å². The predicted octanol–water partition coefficient (Wildman–Crippen LogP) is 3.74. The normalized spacial score (nSPS) is 17.3. The van der Waals surface area contributed by atoms with Crippen molar-refractivity contribution >= 4 is 21.8 Å². The SMILES string of the molecule is COc1cccc(N2CCN(S(=O)(=O)C3=Cc4ccc(OC(F)F)cc4CC3)CC2)c1. The Hall–Kier alpha value is -2.65. The Kier molecular flexibility index (Phi) is 6.15. The summed E-state index contributed by atoms with van der Waals surface area (Å²) in [5, 5.41) is 0. The summed E-state index contributed by atoms with van der Waals surface area (Å²) >= 11 is 0. The van der Waals surface area contributed by atoms with Crippen LogP contribution in [0.4, 0.5) is 14.5 Å². The van der Waals surface area contributed by atoms with Gasteiger partial charge in [0.15, 0.2) is 0 Å². The number of anilines is 1. The molecule has 1 aliphatic carbocycles. The molecule has 2 aromatic rings. The lowest BCUT2D eigenvalue weighted by Gasteiger charge is -2.36. The molecule has 6 nitrogen and oxygen atoms in total. The zero-order valence-corrected chi connectivity index (χ0v) is 17.9. The molecule has 2 aromatic carbocycles. The van der Waals surface area contributed by atoms with Gasteiger partial charge >= 0.3 is 6.61 Å². The van der Waals surface area contributed by atoms with Crippen LogP contribution in [0.5, 0.6) is 11.5 Å². The predicted molar refractivity (Wildman–Crippen MR) is 115 cm³/mol. The van der Waals surface area contributed by atoms with E-state index in [9.17, 15) is 17.2 Å². The molecule has 0 amide bonds. The largest absolute Gasteiger partial charge is 0.497 e. The van der Waals surface area contributed by atoms with Crippen molar-refractivity contribution in [3.8, 4) is 11.5 Å². The van der Waals surface area contributed by atoms with Crippen molar-refractivity contribution in [2.75, 3.05) is 38.2 Å². The number of methoxy groups -OCH3 is 1. The van der Waals surface area contributed by atoms with Crippen molar-refractivity contribution in [1.29, 1.82) is 0 Å². The number of hydrogen-bond donors (Lipinski definition) is 0. The molecule has 0 aromatic heterocycles. The van der Waals surface area contributed by atoms with Crippen molar-refractivity contribution in [3.63, 3.8) is 0 Å². The molecule has 1 fully saturated rings. The summed E-state index contributed by atoms with van der Waals surface area (Å²) < 4.78 is 62.5. The molecule has 1 heterocycles. The Morgan fingerprint density at radius 2 is 1.74 bits per heavy atom. The van der Waals surface area contributed by atoms with E-state index in [2.05, 4.69) is 9.64 Å². The van der Waals surface area contributed by atoms with E-state index in [1.807, 2.05) is 24.3 Å². The molecule has 0 unspecified atom stereocenters. The van der Waals surface area contributed by atoms with Crippen molar-refractivity contribution in [2.24, 2.45) is 0 Å². The van der Waals surface area contributed by atoms with Gasteiger partial charge in [-0.1, -0.05) is 12.1 Å². The fraction of sp³-hybridized carbons (Fsp3) is 0.364. The van der Waals surface area contributed by atoms with Crippen LogP contribution in [0.2, 0.25) is 0 Å². The second-order valence-electron chi connectivity index (χ2n) is 7.44. The summed E-state index contributed by atoms with van der Waals surface area (Å²) in [5.41, 5.74) is 2.53. The van der Waals surface area contributed by atoms with Crippen LogP contribution >= 0.6 is 0 Å². The monoisotopic (exact) mass is 450 g/mol. The fourth-order valence-electron chi connectivity index (χ4n) is 3.98. The number of hydrogen-bond acceptors (Lipinski definition) is 5. The van der Waals surface area contributed by atoms with Crippen molar-refractivity contribution < 1.29 is 26.7 Å². The molecule has 0 spiro atoms. The Morgan fingerprint density at radius 1 is 0.968 bits per heavy atom. The molecule has 0 atom stereocenters. The minimum atomic E-state index is -3.58. The number of halogens is 2. The van der Waals surface area contributed by atoms with E-state index in [1.54, 1.807) is 25.3 Å². The minimum absolute atomic E-state index is 0.0853. The second-order valence-corrected chi connectivity index (χ2v) is 9.43. The van der Waals surface area contributed by atoms with Gasteiger partial charge in [0.25, 0.3) is 0 Å². The molecular formula is C22H24F2N2O4S. The molecule has 9 heteroatoms. The molecule has 1 saturated heterocycles. The molecule has 2 aliphatic rings. The molecule has 0 saturated carbocycles. The first kappa shape index (κ1) is 21.6. The molecule has 1 aliphatic heterocycles. The first-order valence-electron chi connectivity index (χ1n) is 10.0. The third-order valence-corrected chi connectivity index (χ3v) is 7.65. The van der Waals surface area contributed by atoms with Gasteiger partial charge < -0.3 is 14.4 Å². The lowest BCUT2D eigenvalue weighted by atomic mass is 9.97. The number of nitrogens with zero attached hydrogens (tertiary/aromatic N) is 2. The van der Waals surface area contributed by atoms with E-state index in [0.717, 1.165) is 22.6 Å². The summed E-state index contributed by atoms with van der Waals surface area (Å²) in [4.78, 5) is 2.50. The number of rotatable bonds is 6. The number of alkyl halides is 2. The van der Waals surface area contributed by atoms with Crippen LogP contribution in [0.25, 0.3) is 6.08 Å². The molecular weight excluding hydrogens is 426 g/mol. The maximum Gasteiger partial charge on any atom is 0.387 e. The van der Waals surface area contributed by atoms with Gasteiger partial charge in [-0.2, -0.15) is 13.1 Å². The highest BCUT2D eigenvalue weighted by Gasteiger charge is 2.31. The van der Waals surface area contributed by atoms with E-state index < -0.39 is 16.6 Å². The van der Waals surface area contributed by atoms with E-state index in [-0.39, 0.29) is 5.75 Å². The van der Waals surface area contributed by atoms with Crippen LogP contribution in [0.3, 0.4) is 0 Å². The summed E-state index contributed by atoms with van der Waals surface area (Å²) in [5.74, 6) is 0.850. The first-order valence-corrected chi connectivity index (χ1v) is 11.5. The van der Waals surface area contributed by atoms with E-state index in [4.69, 9.17) is 4.74 Å². The standard InChI is InChI=1S/C22H24F2N2O4S/c1-29-19-4-2-3-18(15-19)25-9-11-26(12-10-25)31(27,28)21-8-6-16-13-20(30-22(23)24)7-5-17(16)14-21/h2-5,7,13-15,22H,6,8-12H2,1H3. The van der Waals surface area contributed by atoms with Gasteiger partial charge in [0.05, 0.1) is 12.0 Å². The van der Waals surface area contributed by atoms with Crippen LogP contribution < -0.4 is 14.4 Å². The van der Waals surface area contributed by atoms with Gasteiger partial charge in [-0.3, -0.25) is 0 Å². The van der Waals surface area contributed by atoms with Gasteiger partial charge in [0.1, 0.15) is 11.5 Å². The van der Waals surface area contributed by atoms with Crippen LogP contribution in [0.15, 0.2) is 47.4 Å². The minimum Gasteiger partial charge on any atom is -0.497 e. The molecule has 4 rings (SSSR count). The smallest absolute Gasteiger partial charge is 0.387 e. The molecule has 0 N–H and O–H groups in total. The highest BCUT2D eigenvalue weighted by atomic mass is 32.2. The lowest BCUT2D eigenvalue weighted by Crippen LogP contribution is -2.49. The van der Waals surface area contributed by atoms with Crippen molar-refractivity contribution in [3.05, 3.63) is 58.5 Å². The summed E-state index contributed by atoms with van der Waals surface area (Å²) in [6.07, 6.45) is 2.45. The summed E-state index contributed by atoms with van der Waals surface area (Å²) in [6.45, 7) is -0.922. The number of benzene rings is 2. The zero-order chi connectivity index (χ0) is 22.0. The Labute approximate surface area is 180 Å². The summed E-state index contributed by atoms with van der Waals surface area (Å²) in [7, 11) is -1.97. The fourth-order valence-corrected chi connectivity index (χ4v) is 5.59. The second kappa shape index (κ2) is 8.84. The van der Waals surface area contributed by atoms with Gasteiger partial charge in [-0.25, -0.2) is 8.42 Å². The zero-order valence-electron chi connectivity index (χ0n) is 17.1. The van der Waals surface area contributed by atoms with E-state index in [0.29, 0.717) is 43.9 Å². The van der Waals surface area contributed by atoms with Gasteiger partial charge in [0, 0.05) is 37.9 Å².